The summed E-state index contributed by atoms with van der Waals surface area (Å²) in [5, 5.41) is 3.40. The Morgan fingerprint density at radius 1 is 1.17 bits per heavy atom. The van der Waals surface area contributed by atoms with Crippen LogP contribution in [0, 0.1) is 5.41 Å². The van der Waals surface area contributed by atoms with Crippen molar-refractivity contribution in [2.75, 3.05) is 40.6 Å². The fraction of sp³-hybridized carbons (Fsp3) is 1.00. The van der Waals surface area contributed by atoms with Crippen molar-refractivity contribution in [3.05, 3.63) is 0 Å². The van der Waals surface area contributed by atoms with Crippen LogP contribution in [0.5, 0.6) is 0 Å². The molecule has 0 aliphatic heterocycles. The Balaban J connectivity index is 2.09. The lowest BCUT2D eigenvalue weighted by Gasteiger charge is -2.30. The molecule has 0 saturated heterocycles. The lowest BCUT2D eigenvalue weighted by atomic mass is 9.87. The molecule has 2 atom stereocenters. The highest BCUT2D eigenvalue weighted by atomic mass is 16.5. The van der Waals surface area contributed by atoms with E-state index in [0.717, 1.165) is 26.1 Å². The van der Waals surface area contributed by atoms with Crippen molar-refractivity contribution in [2.45, 2.75) is 45.3 Å². The molecule has 2 unspecified atom stereocenters. The third-order valence-corrected chi connectivity index (χ3v) is 3.79. The zero-order chi connectivity index (χ0) is 13.4. The van der Waals surface area contributed by atoms with E-state index in [1.165, 1.54) is 6.42 Å². The first-order valence-corrected chi connectivity index (χ1v) is 6.97. The van der Waals surface area contributed by atoms with Gasteiger partial charge < -0.3 is 19.5 Å². The largest absolute Gasteiger partial charge is 0.382 e. The molecule has 108 valence electrons. The van der Waals surface area contributed by atoms with Gasteiger partial charge in [0.1, 0.15) is 0 Å². The fourth-order valence-electron chi connectivity index (χ4n) is 2.74. The van der Waals surface area contributed by atoms with Crippen molar-refractivity contribution in [2.24, 2.45) is 5.41 Å². The Bertz CT molecular complexity index is 221. The molecular formula is C14H29NO3. The van der Waals surface area contributed by atoms with Crippen molar-refractivity contribution < 1.29 is 14.2 Å². The molecule has 1 aliphatic rings. The number of nitrogens with one attached hydrogen (secondary N) is 1. The Morgan fingerprint density at radius 3 is 2.61 bits per heavy atom. The molecule has 0 heterocycles. The fourth-order valence-corrected chi connectivity index (χ4v) is 2.74. The Hall–Kier alpha value is -0.160. The minimum Gasteiger partial charge on any atom is -0.382 e. The highest BCUT2D eigenvalue weighted by molar-refractivity contribution is 4.96. The van der Waals surface area contributed by atoms with Gasteiger partial charge in [0.15, 0.2) is 0 Å². The molecule has 0 bridgehead atoms. The van der Waals surface area contributed by atoms with Gasteiger partial charge in [-0.2, -0.15) is 0 Å². The van der Waals surface area contributed by atoms with Crippen LogP contribution in [0.3, 0.4) is 0 Å². The van der Waals surface area contributed by atoms with E-state index in [0.29, 0.717) is 30.8 Å². The third kappa shape index (κ3) is 4.84. The zero-order valence-electron chi connectivity index (χ0n) is 12.3. The summed E-state index contributed by atoms with van der Waals surface area (Å²) >= 11 is 0. The van der Waals surface area contributed by atoms with Gasteiger partial charge in [-0.1, -0.05) is 13.8 Å². The van der Waals surface area contributed by atoms with Gasteiger partial charge in [-0.3, -0.25) is 0 Å². The second-order valence-corrected chi connectivity index (χ2v) is 5.66. The second-order valence-electron chi connectivity index (χ2n) is 5.66. The van der Waals surface area contributed by atoms with E-state index < -0.39 is 0 Å². The average molecular weight is 259 g/mol. The standard InChI is InChI=1S/C14H29NO3/c1-14(2)7-6-12(13(14)15-3)18-9-5-8-17-11-10-16-4/h12-13,15H,5-11H2,1-4H3. The molecule has 1 aliphatic carbocycles. The molecule has 1 rings (SSSR count). The maximum atomic E-state index is 5.97. The summed E-state index contributed by atoms with van der Waals surface area (Å²) in [5.74, 6) is 0. The van der Waals surface area contributed by atoms with E-state index in [1.807, 2.05) is 7.05 Å². The van der Waals surface area contributed by atoms with Crippen LogP contribution in [0.4, 0.5) is 0 Å². The van der Waals surface area contributed by atoms with E-state index in [4.69, 9.17) is 14.2 Å². The number of likely N-dealkylation sites (N-methyl/N-ethyl adjacent to an activating group) is 1. The molecule has 4 heteroatoms. The third-order valence-electron chi connectivity index (χ3n) is 3.79. The summed E-state index contributed by atoms with van der Waals surface area (Å²) in [6.07, 6.45) is 3.69. The molecule has 0 radical (unpaired) electrons. The molecule has 18 heavy (non-hydrogen) atoms. The summed E-state index contributed by atoms with van der Waals surface area (Å²) in [6, 6.07) is 0.465. The van der Waals surface area contributed by atoms with Crippen LogP contribution in [-0.4, -0.2) is 52.7 Å². The minimum absolute atomic E-state index is 0.342. The van der Waals surface area contributed by atoms with Crippen LogP contribution in [0.25, 0.3) is 0 Å². The van der Waals surface area contributed by atoms with Crippen LogP contribution >= 0.6 is 0 Å². The van der Waals surface area contributed by atoms with Crippen LogP contribution < -0.4 is 5.32 Å². The summed E-state index contributed by atoms with van der Waals surface area (Å²) < 4.78 is 16.3. The second kappa shape index (κ2) is 8.10. The average Bonchev–Trinajstić information content (AvgIpc) is 2.63. The van der Waals surface area contributed by atoms with Gasteiger partial charge in [-0.15, -0.1) is 0 Å². The maximum absolute atomic E-state index is 5.97. The van der Waals surface area contributed by atoms with Gasteiger partial charge >= 0.3 is 0 Å². The van der Waals surface area contributed by atoms with Crippen LogP contribution in [0.2, 0.25) is 0 Å². The number of hydrogen-bond acceptors (Lipinski definition) is 4. The number of ether oxygens (including phenoxy) is 3. The van der Waals surface area contributed by atoms with Crippen molar-refractivity contribution in [1.29, 1.82) is 0 Å². The summed E-state index contributed by atoms with van der Waals surface area (Å²) in [4.78, 5) is 0. The molecule has 0 amide bonds. The normalized spacial score (nSPS) is 26.7. The molecule has 0 aromatic heterocycles. The highest BCUT2D eigenvalue weighted by Gasteiger charge is 2.41. The van der Waals surface area contributed by atoms with Gasteiger partial charge in [0.05, 0.1) is 19.3 Å². The van der Waals surface area contributed by atoms with Crippen LogP contribution in [-0.2, 0) is 14.2 Å². The molecule has 0 aromatic carbocycles. The van der Waals surface area contributed by atoms with Crippen LogP contribution in [0.15, 0.2) is 0 Å². The number of rotatable bonds is 9. The van der Waals surface area contributed by atoms with E-state index >= 15 is 0 Å². The predicted molar refractivity (Wildman–Crippen MR) is 72.9 cm³/mol. The van der Waals surface area contributed by atoms with E-state index in [1.54, 1.807) is 7.11 Å². The lowest BCUT2D eigenvalue weighted by molar-refractivity contribution is 0.00917. The van der Waals surface area contributed by atoms with Gasteiger partial charge in [-0.25, -0.2) is 0 Å². The zero-order valence-corrected chi connectivity index (χ0v) is 12.3. The first-order chi connectivity index (χ1) is 8.61. The monoisotopic (exact) mass is 259 g/mol. The molecule has 1 saturated carbocycles. The lowest BCUT2D eigenvalue weighted by Crippen LogP contribution is -2.43. The van der Waals surface area contributed by atoms with Crippen molar-refractivity contribution in [3.63, 3.8) is 0 Å². The molecule has 4 nitrogen and oxygen atoms in total. The van der Waals surface area contributed by atoms with Gasteiger partial charge in [0, 0.05) is 26.4 Å². The van der Waals surface area contributed by atoms with Crippen molar-refractivity contribution in [1.82, 2.24) is 5.32 Å². The molecule has 1 fully saturated rings. The minimum atomic E-state index is 0.342. The molecule has 1 N–H and O–H groups in total. The smallest absolute Gasteiger partial charge is 0.0733 e. The number of hydrogen-bond donors (Lipinski definition) is 1. The van der Waals surface area contributed by atoms with Gasteiger partial charge in [0.2, 0.25) is 0 Å². The van der Waals surface area contributed by atoms with Gasteiger partial charge in [0.25, 0.3) is 0 Å². The SMILES string of the molecule is CNC1C(OCCCOCCOC)CCC1(C)C. The Morgan fingerprint density at radius 2 is 1.94 bits per heavy atom. The predicted octanol–water partition coefficient (Wildman–Crippen LogP) is 1.83. The van der Waals surface area contributed by atoms with E-state index in [2.05, 4.69) is 19.2 Å². The van der Waals surface area contributed by atoms with Gasteiger partial charge in [-0.05, 0) is 31.7 Å². The van der Waals surface area contributed by atoms with Crippen molar-refractivity contribution >= 4 is 0 Å². The maximum Gasteiger partial charge on any atom is 0.0733 e. The summed E-state index contributed by atoms with van der Waals surface area (Å²) in [6.45, 7) is 7.50. The summed E-state index contributed by atoms with van der Waals surface area (Å²) in [7, 11) is 3.72. The van der Waals surface area contributed by atoms with E-state index in [9.17, 15) is 0 Å². The Kier molecular flexibility index (Phi) is 7.15. The molecule has 0 spiro atoms. The summed E-state index contributed by atoms with van der Waals surface area (Å²) in [5.41, 5.74) is 0.342. The highest BCUT2D eigenvalue weighted by Crippen LogP contribution is 2.38. The first kappa shape index (κ1) is 15.9. The first-order valence-electron chi connectivity index (χ1n) is 6.97. The quantitative estimate of drug-likeness (QED) is 0.641. The van der Waals surface area contributed by atoms with Crippen LogP contribution in [0.1, 0.15) is 33.1 Å². The molecular weight excluding hydrogens is 230 g/mol. The Labute approximate surface area is 111 Å². The topological polar surface area (TPSA) is 39.7 Å². The van der Waals surface area contributed by atoms with Crippen molar-refractivity contribution in [3.8, 4) is 0 Å². The van der Waals surface area contributed by atoms with E-state index in [-0.39, 0.29) is 0 Å². The molecule has 0 aromatic rings. The number of methoxy groups -OCH3 is 1.